The molecule has 0 saturated heterocycles. The van der Waals surface area contributed by atoms with Gasteiger partial charge in [-0.3, -0.25) is 0 Å². The van der Waals surface area contributed by atoms with Crippen LogP contribution in [-0.4, -0.2) is 21.2 Å². The minimum absolute atomic E-state index is 0.250. The number of ether oxygens (including phenoxy) is 1. The van der Waals surface area contributed by atoms with Crippen LogP contribution in [0.15, 0.2) is 50.1 Å². The molecule has 26 heavy (non-hydrogen) atoms. The van der Waals surface area contributed by atoms with E-state index in [4.69, 9.17) is 4.74 Å². The predicted molar refractivity (Wildman–Crippen MR) is 99.1 cm³/mol. The van der Waals surface area contributed by atoms with E-state index in [1.807, 2.05) is 12.4 Å². The normalized spacial score (nSPS) is 11.0. The van der Waals surface area contributed by atoms with E-state index >= 15 is 0 Å². The highest BCUT2D eigenvalue weighted by Gasteiger charge is 2.20. The molecular formula is C20H32N4O2+2. The fourth-order valence-corrected chi connectivity index (χ4v) is 2.85. The van der Waals surface area contributed by atoms with Crippen molar-refractivity contribution in [3.63, 3.8) is 0 Å². The van der Waals surface area contributed by atoms with Crippen molar-refractivity contribution in [3.05, 3.63) is 50.1 Å². The van der Waals surface area contributed by atoms with Crippen LogP contribution >= 0.6 is 0 Å². The molecule has 0 aliphatic heterocycles. The van der Waals surface area contributed by atoms with E-state index in [-0.39, 0.29) is 12.1 Å². The van der Waals surface area contributed by atoms with Crippen LogP contribution in [0.2, 0.25) is 0 Å². The molecule has 142 valence electrons. The van der Waals surface area contributed by atoms with E-state index < -0.39 is 0 Å². The zero-order chi connectivity index (χ0) is 18.8. The van der Waals surface area contributed by atoms with Crippen LogP contribution in [0, 0.1) is 0 Å². The summed E-state index contributed by atoms with van der Waals surface area (Å²) in [7, 11) is 0. The molecular weight excluding hydrogens is 328 g/mol. The van der Waals surface area contributed by atoms with Crippen LogP contribution in [0.4, 0.5) is 0 Å². The van der Waals surface area contributed by atoms with Crippen LogP contribution in [0.25, 0.3) is 0 Å². The van der Waals surface area contributed by atoms with Gasteiger partial charge >= 0.3 is 5.97 Å². The van der Waals surface area contributed by atoms with Gasteiger partial charge in [0.2, 0.25) is 12.7 Å². The summed E-state index contributed by atoms with van der Waals surface area (Å²) in [6.45, 7) is 11.1. The number of hydrogen-bond acceptors (Lipinski definition) is 2. The molecule has 6 nitrogen and oxygen atoms in total. The summed E-state index contributed by atoms with van der Waals surface area (Å²) in [5, 5.41) is 0. The lowest BCUT2D eigenvalue weighted by molar-refractivity contribution is -0.736. The number of aryl methyl sites for hydroxylation is 2. The van der Waals surface area contributed by atoms with Gasteiger partial charge < -0.3 is 4.74 Å². The number of nitrogens with zero attached hydrogens (tertiary/aromatic N) is 4. The van der Waals surface area contributed by atoms with E-state index in [0.717, 1.165) is 25.9 Å². The average molecular weight is 361 g/mol. The maximum Gasteiger partial charge on any atom is 0.330 e. The van der Waals surface area contributed by atoms with Crippen molar-refractivity contribution in [3.8, 4) is 0 Å². The minimum atomic E-state index is -0.382. The summed E-state index contributed by atoms with van der Waals surface area (Å²) in [5.74, 6) is -0.382. The molecule has 2 rings (SSSR count). The number of unbranched alkanes of at least 4 members (excludes halogenated alkanes) is 2. The molecule has 0 spiro atoms. The van der Waals surface area contributed by atoms with Crippen LogP contribution in [0.3, 0.4) is 0 Å². The first-order chi connectivity index (χ1) is 12.6. The fraction of sp³-hybridized carbons (Fsp3) is 0.550. The lowest BCUT2D eigenvalue weighted by Gasteiger charge is -2.13. The monoisotopic (exact) mass is 360 g/mol. The Labute approximate surface area is 156 Å². The van der Waals surface area contributed by atoms with Gasteiger partial charge in [-0.15, -0.1) is 0 Å². The average Bonchev–Trinajstić information content (AvgIpc) is 3.27. The molecule has 0 bridgehead atoms. The van der Waals surface area contributed by atoms with Gasteiger partial charge in [0.15, 0.2) is 6.10 Å². The summed E-state index contributed by atoms with van der Waals surface area (Å²) in [4.78, 5) is 11.7. The summed E-state index contributed by atoms with van der Waals surface area (Å²) in [5.41, 5.74) is 0. The molecule has 0 radical (unpaired) electrons. The Hall–Kier alpha value is -2.37. The van der Waals surface area contributed by atoms with Gasteiger partial charge in [-0.1, -0.05) is 33.3 Å². The first-order valence-corrected chi connectivity index (χ1v) is 9.57. The predicted octanol–water partition coefficient (Wildman–Crippen LogP) is 2.26. The van der Waals surface area contributed by atoms with Crippen LogP contribution in [0.5, 0.6) is 0 Å². The molecule has 0 unspecified atom stereocenters. The van der Waals surface area contributed by atoms with Gasteiger partial charge in [0.25, 0.3) is 0 Å². The molecule has 6 heteroatoms. The highest BCUT2D eigenvalue weighted by molar-refractivity contribution is 5.81. The molecule has 0 amide bonds. The van der Waals surface area contributed by atoms with Gasteiger partial charge in [0, 0.05) is 6.08 Å². The number of hydrogen-bond donors (Lipinski definition) is 0. The number of carbonyl (C=O) groups is 1. The number of rotatable bonds is 12. The molecule has 2 aromatic heterocycles. The molecule has 0 aromatic carbocycles. The molecule has 0 fully saturated rings. The van der Waals surface area contributed by atoms with Crippen molar-refractivity contribution in [1.82, 2.24) is 9.13 Å². The molecule has 2 aromatic rings. The molecule has 2 heterocycles. The summed E-state index contributed by atoms with van der Waals surface area (Å²) in [6, 6.07) is 0. The number of imidazole rings is 2. The highest BCUT2D eigenvalue weighted by Crippen LogP contribution is 1.99. The molecule has 0 N–H and O–H groups in total. The van der Waals surface area contributed by atoms with E-state index in [2.05, 4.69) is 63.7 Å². The molecule has 0 atom stereocenters. The molecule has 0 saturated carbocycles. The second kappa shape index (κ2) is 10.6. The first-order valence-electron chi connectivity index (χ1n) is 9.57. The Morgan fingerprint density at radius 2 is 1.54 bits per heavy atom. The van der Waals surface area contributed by atoms with Crippen molar-refractivity contribution in [2.24, 2.45) is 0 Å². The van der Waals surface area contributed by atoms with E-state index in [9.17, 15) is 4.79 Å². The maximum atomic E-state index is 11.7. The Kier molecular flexibility index (Phi) is 8.12. The Morgan fingerprint density at radius 3 is 1.96 bits per heavy atom. The minimum Gasteiger partial charge on any atom is -0.451 e. The lowest BCUT2D eigenvalue weighted by atomic mass is 10.3. The van der Waals surface area contributed by atoms with Crippen LogP contribution in [0.1, 0.15) is 39.5 Å². The van der Waals surface area contributed by atoms with Crippen molar-refractivity contribution in [1.29, 1.82) is 0 Å². The summed E-state index contributed by atoms with van der Waals surface area (Å²) >= 11 is 0. The Bertz CT molecular complexity index is 641. The first kappa shape index (κ1) is 19.9. The largest absolute Gasteiger partial charge is 0.451 e. The third-order valence-electron chi connectivity index (χ3n) is 4.31. The fourth-order valence-electron chi connectivity index (χ4n) is 2.85. The number of esters is 1. The Balaban J connectivity index is 2.00. The second-order valence-corrected chi connectivity index (χ2v) is 6.67. The van der Waals surface area contributed by atoms with Gasteiger partial charge in [0.05, 0.1) is 13.1 Å². The van der Waals surface area contributed by atoms with E-state index in [1.165, 1.54) is 18.9 Å². The summed E-state index contributed by atoms with van der Waals surface area (Å²) in [6.07, 6.45) is 18.0. The third kappa shape index (κ3) is 6.50. The van der Waals surface area contributed by atoms with Gasteiger partial charge in [0.1, 0.15) is 37.9 Å². The van der Waals surface area contributed by atoms with Crippen molar-refractivity contribution in [2.75, 3.05) is 0 Å². The number of aromatic nitrogens is 4. The molecule has 0 aliphatic rings. The van der Waals surface area contributed by atoms with E-state index in [1.54, 1.807) is 0 Å². The van der Waals surface area contributed by atoms with Gasteiger partial charge in [-0.2, -0.15) is 0 Å². The molecule has 0 aliphatic carbocycles. The lowest BCUT2D eigenvalue weighted by Crippen LogP contribution is -2.47. The third-order valence-corrected chi connectivity index (χ3v) is 4.31. The summed E-state index contributed by atoms with van der Waals surface area (Å²) < 4.78 is 14.1. The Morgan fingerprint density at radius 1 is 1.04 bits per heavy atom. The van der Waals surface area contributed by atoms with E-state index in [0.29, 0.717) is 13.1 Å². The maximum absolute atomic E-state index is 11.7. The zero-order valence-corrected chi connectivity index (χ0v) is 16.1. The number of carbonyl (C=O) groups excluding carboxylic acids is 1. The second-order valence-electron chi connectivity index (χ2n) is 6.67. The smallest absolute Gasteiger partial charge is 0.330 e. The van der Waals surface area contributed by atoms with Gasteiger partial charge in [-0.05, 0) is 12.8 Å². The van der Waals surface area contributed by atoms with Crippen LogP contribution < -0.4 is 9.13 Å². The standard InChI is InChI=1S/C20H32N4O2/c1-4-7-9-21-11-13-23(17-21)15-19(26-20(25)6-3)16-24-14-12-22(18-24)10-8-5-2/h6,11-14,17-19H,3-5,7-10,15-16H2,1-2H3/q+2. The topological polar surface area (TPSA) is 43.9 Å². The zero-order valence-electron chi connectivity index (χ0n) is 16.1. The van der Waals surface area contributed by atoms with Crippen molar-refractivity contribution >= 4 is 5.97 Å². The quantitative estimate of drug-likeness (QED) is 0.331. The van der Waals surface area contributed by atoms with Crippen molar-refractivity contribution < 1.29 is 18.7 Å². The van der Waals surface area contributed by atoms with Gasteiger partial charge in [-0.25, -0.2) is 23.1 Å². The van der Waals surface area contributed by atoms with Crippen molar-refractivity contribution in [2.45, 2.75) is 71.8 Å². The highest BCUT2D eigenvalue weighted by atomic mass is 16.5. The SMILES string of the molecule is C=CC(=O)OC(C[n+]1ccn(CCCC)c1)C[n+]1ccn(CCCC)c1. The van der Waals surface area contributed by atoms with Crippen LogP contribution in [-0.2, 0) is 35.7 Å².